The van der Waals surface area contributed by atoms with Gasteiger partial charge in [0.05, 0.1) is 12.6 Å². The zero-order valence-corrected chi connectivity index (χ0v) is 10.2. The van der Waals surface area contributed by atoms with Crippen molar-refractivity contribution >= 4 is 16.7 Å². The van der Waals surface area contributed by atoms with Crippen molar-refractivity contribution < 1.29 is 4.74 Å². The minimum absolute atomic E-state index is 0.815. The number of hydrogen-bond acceptors (Lipinski definition) is 4. The van der Waals surface area contributed by atoms with Crippen LogP contribution in [0.4, 0.5) is 5.82 Å². The number of nitrogens with zero attached hydrogens (tertiary/aromatic N) is 2. The van der Waals surface area contributed by atoms with Crippen molar-refractivity contribution in [1.82, 2.24) is 9.97 Å². The molecule has 0 spiro atoms. The number of anilines is 1. The average molecular weight is 231 g/mol. The van der Waals surface area contributed by atoms with Gasteiger partial charge >= 0.3 is 0 Å². The summed E-state index contributed by atoms with van der Waals surface area (Å²) in [6.45, 7) is 3.11. The van der Waals surface area contributed by atoms with Crippen LogP contribution in [0, 0.1) is 0 Å². The first-order chi connectivity index (χ1) is 8.35. The largest absolute Gasteiger partial charge is 0.497 e. The van der Waals surface area contributed by atoms with Gasteiger partial charge in [-0.3, -0.25) is 0 Å². The van der Waals surface area contributed by atoms with E-state index in [9.17, 15) is 0 Å². The van der Waals surface area contributed by atoms with Crippen LogP contribution in [0.5, 0.6) is 5.75 Å². The summed E-state index contributed by atoms with van der Waals surface area (Å²) in [5.41, 5.74) is 0.901. The molecule has 0 saturated heterocycles. The second-order valence-corrected chi connectivity index (χ2v) is 3.89. The number of rotatable bonds is 5. The van der Waals surface area contributed by atoms with Crippen LogP contribution in [0.3, 0.4) is 0 Å². The van der Waals surface area contributed by atoms with Crippen LogP contribution in [-0.2, 0) is 0 Å². The Morgan fingerprint density at radius 1 is 1.29 bits per heavy atom. The van der Waals surface area contributed by atoms with Crippen molar-refractivity contribution in [2.24, 2.45) is 0 Å². The number of nitrogens with one attached hydrogen (secondary N) is 1. The van der Waals surface area contributed by atoms with E-state index < -0.39 is 0 Å². The molecule has 0 aliphatic rings. The first-order valence-electron chi connectivity index (χ1n) is 5.87. The Bertz CT molecular complexity index is 499. The highest BCUT2D eigenvalue weighted by Crippen LogP contribution is 2.23. The third-order valence-corrected chi connectivity index (χ3v) is 2.67. The first-order valence-corrected chi connectivity index (χ1v) is 5.87. The molecule has 0 unspecified atom stereocenters. The number of hydrogen-bond donors (Lipinski definition) is 1. The van der Waals surface area contributed by atoms with Crippen molar-refractivity contribution in [3.8, 4) is 5.75 Å². The fraction of sp³-hybridized carbons (Fsp3) is 0.385. The Labute approximate surface area is 101 Å². The maximum atomic E-state index is 5.18. The highest BCUT2D eigenvalue weighted by atomic mass is 16.5. The molecular formula is C13H17N3O. The van der Waals surface area contributed by atoms with E-state index in [-0.39, 0.29) is 0 Å². The van der Waals surface area contributed by atoms with E-state index in [1.807, 2.05) is 18.2 Å². The van der Waals surface area contributed by atoms with E-state index in [4.69, 9.17) is 4.74 Å². The zero-order valence-electron chi connectivity index (χ0n) is 10.2. The first kappa shape index (κ1) is 11.6. The summed E-state index contributed by atoms with van der Waals surface area (Å²) >= 11 is 0. The Morgan fingerprint density at radius 3 is 2.94 bits per heavy atom. The Hall–Kier alpha value is -1.84. The summed E-state index contributed by atoms with van der Waals surface area (Å²) in [4.78, 5) is 8.52. The minimum atomic E-state index is 0.815. The van der Waals surface area contributed by atoms with E-state index in [1.54, 1.807) is 13.4 Å². The highest BCUT2D eigenvalue weighted by Gasteiger charge is 2.03. The van der Waals surface area contributed by atoms with Crippen LogP contribution < -0.4 is 10.1 Å². The van der Waals surface area contributed by atoms with Gasteiger partial charge in [0.1, 0.15) is 17.9 Å². The highest BCUT2D eigenvalue weighted by molar-refractivity contribution is 5.89. The molecule has 2 aromatic rings. The van der Waals surface area contributed by atoms with Crippen LogP contribution in [0.2, 0.25) is 0 Å². The van der Waals surface area contributed by atoms with E-state index in [0.29, 0.717) is 0 Å². The molecule has 0 atom stereocenters. The number of benzene rings is 1. The third kappa shape index (κ3) is 2.64. The Kier molecular flexibility index (Phi) is 3.75. The van der Waals surface area contributed by atoms with Crippen LogP contribution in [0.15, 0.2) is 24.5 Å². The SMILES string of the molecule is CCCCNc1ncnc2cc(OC)ccc12. The van der Waals surface area contributed by atoms with Crippen LogP contribution >= 0.6 is 0 Å². The molecule has 0 aliphatic heterocycles. The molecular weight excluding hydrogens is 214 g/mol. The molecule has 17 heavy (non-hydrogen) atoms. The monoisotopic (exact) mass is 231 g/mol. The summed E-state index contributed by atoms with van der Waals surface area (Å²) in [6, 6.07) is 5.83. The van der Waals surface area contributed by atoms with E-state index in [0.717, 1.165) is 35.4 Å². The molecule has 0 radical (unpaired) electrons. The normalized spacial score (nSPS) is 10.5. The quantitative estimate of drug-likeness (QED) is 0.804. The van der Waals surface area contributed by atoms with Gasteiger partial charge in [0.25, 0.3) is 0 Å². The summed E-state index contributed by atoms with van der Waals surface area (Å²) < 4.78 is 5.18. The Morgan fingerprint density at radius 2 is 2.18 bits per heavy atom. The van der Waals surface area contributed by atoms with Crippen molar-refractivity contribution in [1.29, 1.82) is 0 Å². The minimum Gasteiger partial charge on any atom is -0.497 e. The lowest BCUT2D eigenvalue weighted by atomic mass is 10.2. The molecule has 2 rings (SSSR count). The predicted molar refractivity (Wildman–Crippen MR) is 69.5 cm³/mol. The van der Waals surface area contributed by atoms with Gasteiger partial charge in [-0.25, -0.2) is 9.97 Å². The summed E-state index contributed by atoms with van der Waals surface area (Å²) in [5, 5.41) is 4.37. The number of unbranched alkanes of at least 4 members (excludes halogenated alkanes) is 1. The molecule has 1 aromatic heterocycles. The molecule has 0 bridgehead atoms. The molecule has 1 heterocycles. The molecule has 90 valence electrons. The molecule has 0 fully saturated rings. The van der Waals surface area contributed by atoms with Crippen molar-refractivity contribution in [2.45, 2.75) is 19.8 Å². The number of ether oxygens (including phenoxy) is 1. The number of aromatic nitrogens is 2. The lowest BCUT2D eigenvalue weighted by molar-refractivity contribution is 0.415. The van der Waals surface area contributed by atoms with Crippen molar-refractivity contribution in [2.75, 3.05) is 19.0 Å². The maximum Gasteiger partial charge on any atom is 0.137 e. The van der Waals surface area contributed by atoms with Gasteiger partial charge in [-0.05, 0) is 18.6 Å². The molecule has 1 N–H and O–H groups in total. The van der Waals surface area contributed by atoms with Crippen molar-refractivity contribution in [3.05, 3.63) is 24.5 Å². The molecule has 0 saturated carbocycles. The zero-order chi connectivity index (χ0) is 12.1. The summed E-state index contributed by atoms with van der Waals surface area (Å²) in [7, 11) is 1.66. The van der Waals surface area contributed by atoms with E-state index in [1.165, 1.54) is 6.42 Å². The topological polar surface area (TPSA) is 47.0 Å². The second-order valence-electron chi connectivity index (χ2n) is 3.89. The van der Waals surface area contributed by atoms with Gasteiger partial charge in [-0.15, -0.1) is 0 Å². The lowest BCUT2D eigenvalue weighted by Gasteiger charge is -2.08. The van der Waals surface area contributed by atoms with Gasteiger partial charge in [-0.1, -0.05) is 13.3 Å². The van der Waals surface area contributed by atoms with Gasteiger partial charge in [0.15, 0.2) is 0 Å². The van der Waals surface area contributed by atoms with Gasteiger partial charge < -0.3 is 10.1 Å². The molecule has 1 aromatic carbocycles. The number of methoxy groups -OCH3 is 1. The van der Waals surface area contributed by atoms with Crippen LogP contribution in [0.1, 0.15) is 19.8 Å². The smallest absolute Gasteiger partial charge is 0.137 e. The van der Waals surface area contributed by atoms with Gasteiger partial charge in [0.2, 0.25) is 0 Å². The fourth-order valence-corrected chi connectivity index (χ4v) is 1.69. The van der Waals surface area contributed by atoms with Crippen LogP contribution in [-0.4, -0.2) is 23.6 Å². The predicted octanol–water partition coefficient (Wildman–Crippen LogP) is 2.85. The summed E-state index contributed by atoms with van der Waals surface area (Å²) in [5.74, 6) is 1.71. The number of fused-ring (bicyclic) bond motifs is 1. The fourth-order valence-electron chi connectivity index (χ4n) is 1.69. The molecule has 0 aliphatic carbocycles. The van der Waals surface area contributed by atoms with Gasteiger partial charge in [0, 0.05) is 18.0 Å². The average Bonchev–Trinajstić information content (AvgIpc) is 2.38. The lowest BCUT2D eigenvalue weighted by Crippen LogP contribution is -2.03. The van der Waals surface area contributed by atoms with E-state index in [2.05, 4.69) is 22.2 Å². The Balaban J connectivity index is 2.30. The van der Waals surface area contributed by atoms with E-state index >= 15 is 0 Å². The third-order valence-electron chi connectivity index (χ3n) is 2.67. The second kappa shape index (κ2) is 5.48. The molecule has 4 nitrogen and oxygen atoms in total. The standard InChI is InChI=1S/C13H17N3O/c1-3-4-7-14-13-11-6-5-10(17-2)8-12(11)15-9-16-13/h5-6,8-9H,3-4,7H2,1-2H3,(H,14,15,16). The summed E-state index contributed by atoms with van der Waals surface area (Å²) in [6.07, 6.45) is 3.89. The van der Waals surface area contributed by atoms with Crippen molar-refractivity contribution in [3.63, 3.8) is 0 Å². The maximum absolute atomic E-state index is 5.18. The molecule has 0 amide bonds. The van der Waals surface area contributed by atoms with Crippen LogP contribution in [0.25, 0.3) is 10.9 Å². The van der Waals surface area contributed by atoms with Gasteiger partial charge in [-0.2, -0.15) is 0 Å². The molecule has 4 heteroatoms.